The van der Waals surface area contributed by atoms with E-state index in [9.17, 15) is 0 Å². The summed E-state index contributed by atoms with van der Waals surface area (Å²) >= 11 is 9.49. The Labute approximate surface area is 302 Å². The van der Waals surface area contributed by atoms with Gasteiger partial charge in [-0.2, -0.15) is 8.75 Å². The van der Waals surface area contributed by atoms with Gasteiger partial charge in [0, 0.05) is 28.2 Å². The molecule has 6 aromatic rings. The fourth-order valence-electron chi connectivity index (χ4n) is 6.80. The van der Waals surface area contributed by atoms with Gasteiger partial charge in [-0.1, -0.05) is 45.7 Å². The number of aryl methyl sites for hydroxylation is 4. The Morgan fingerprint density at radius 1 is 0.638 bits per heavy atom. The lowest BCUT2D eigenvalue weighted by Crippen LogP contribution is -2.29. The van der Waals surface area contributed by atoms with Gasteiger partial charge in [0.25, 0.3) is 0 Å². The quantitative estimate of drug-likeness (QED) is 0.0633. The highest BCUT2D eigenvalue weighted by Crippen LogP contribution is 2.54. The third-order valence-corrected chi connectivity index (χ3v) is 20.9. The van der Waals surface area contributed by atoms with Crippen LogP contribution in [-0.4, -0.2) is 16.8 Å². The molecule has 0 unspecified atom stereocenters. The molecule has 246 valence electrons. The highest BCUT2D eigenvalue weighted by molar-refractivity contribution is 7.45. The van der Waals surface area contributed by atoms with E-state index in [-0.39, 0.29) is 0 Å². The van der Waals surface area contributed by atoms with Crippen LogP contribution in [0.3, 0.4) is 0 Å². The smallest absolute Gasteiger partial charge is 0.137 e. The second-order valence-corrected chi connectivity index (χ2v) is 22.6. The van der Waals surface area contributed by atoms with Gasteiger partial charge < -0.3 is 0 Å². The predicted molar refractivity (Wildman–Crippen MR) is 219 cm³/mol. The monoisotopic (exact) mass is 730 g/mol. The van der Waals surface area contributed by atoms with Gasteiger partial charge in [-0.15, -0.1) is 68.7 Å². The normalized spacial score (nSPS) is 12.0. The lowest BCUT2D eigenvalue weighted by molar-refractivity contribution is 0.694. The largest absolute Gasteiger partial charge is 0.173 e. The van der Waals surface area contributed by atoms with Crippen LogP contribution in [-0.2, 0) is 12.8 Å². The molecule has 6 rings (SSSR count). The Bertz CT molecular complexity index is 2120. The second kappa shape index (κ2) is 15.7. The molecule has 5 heterocycles. The highest BCUT2D eigenvalue weighted by atomic mass is 32.1. The molecule has 0 atom stereocenters. The summed E-state index contributed by atoms with van der Waals surface area (Å²) < 4.78 is 18.6. The standard InChI is InChI=1S/C39H46N2S5Si/c1-7-11-12-13-15-18-21-28-27(6)42-36-34(28)44-39-37-35(45-38(36)39)30(22-19-16-14-17-20-25-47(8-2,9-3)10-4)33(43-37)29-24-23-26(5)31-32(29)41-46-40-31/h23-24H,8-10,12-19,21-22H2,1-6H3. The average molecular weight is 731 g/mol. The molecule has 8 heteroatoms. The van der Waals surface area contributed by atoms with E-state index in [1.807, 2.05) is 29.6 Å². The van der Waals surface area contributed by atoms with Crippen molar-refractivity contribution in [3.8, 4) is 33.7 Å². The van der Waals surface area contributed by atoms with E-state index in [0.29, 0.717) is 0 Å². The maximum absolute atomic E-state index is 4.81. The summed E-state index contributed by atoms with van der Waals surface area (Å²) in [5.41, 5.74) is 11.5. The molecule has 0 N–H and O–H groups in total. The Morgan fingerprint density at radius 3 is 1.91 bits per heavy atom. The lowest BCUT2D eigenvalue weighted by Gasteiger charge is -2.20. The van der Waals surface area contributed by atoms with Gasteiger partial charge >= 0.3 is 0 Å². The number of aromatic nitrogens is 2. The minimum atomic E-state index is -1.34. The molecule has 5 aromatic heterocycles. The molecule has 0 bridgehead atoms. The molecule has 1 aromatic carbocycles. The van der Waals surface area contributed by atoms with E-state index in [2.05, 4.69) is 97.1 Å². The molecule has 0 aliphatic rings. The Morgan fingerprint density at radius 2 is 1.23 bits per heavy atom. The van der Waals surface area contributed by atoms with Crippen LogP contribution in [0, 0.1) is 37.2 Å². The van der Waals surface area contributed by atoms with Crippen LogP contribution < -0.4 is 0 Å². The van der Waals surface area contributed by atoms with Crippen LogP contribution in [0.25, 0.3) is 49.7 Å². The Kier molecular flexibility index (Phi) is 11.6. The van der Waals surface area contributed by atoms with Gasteiger partial charge in [0.1, 0.15) is 19.1 Å². The van der Waals surface area contributed by atoms with Crippen molar-refractivity contribution in [2.24, 2.45) is 0 Å². The first-order chi connectivity index (χ1) is 22.9. The number of hydrogen-bond donors (Lipinski definition) is 0. The Hall–Kier alpha value is -2.04. The van der Waals surface area contributed by atoms with Crippen molar-refractivity contribution in [3.05, 3.63) is 33.7 Å². The molecule has 0 aliphatic carbocycles. The summed E-state index contributed by atoms with van der Waals surface area (Å²) in [5, 5.41) is 0. The number of nitrogens with zero attached hydrogens (tertiary/aromatic N) is 2. The summed E-state index contributed by atoms with van der Waals surface area (Å²) in [6.07, 6.45) is 11.7. The lowest BCUT2D eigenvalue weighted by atomic mass is 10.0. The second-order valence-electron chi connectivity index (χ2n) is 12.8. The molecule has 0 saturated heterocycles. The van der Waals surface area contributed by atoms with Crippen molar-refractivity contribution in [1.29, 1.82) is 0 Å². The number of benzene rings is 1. The van der Waals surface area contributed by atoms with Crippen LogP contribution in [0.1, 0.15) is 101 Å². The van der Waals surface area contributed by atoms with Gasteiger partial charge in [-0.3, -0.25) is 0 Å². The number of hydrogen-bond acceptors (Lipinski definition) is 7. The summed E-state index contributed by atoms with van der Waals surface area (Å²) in [6.45, 7) is 13.5. The summed E-state index contributed by atoms with van der Waals surface area (Å²) in [4.78, 5) is 2.93. The predicted octanol–water partition coefficient (Wildman–Crippen LogP) is 14.0. The molecule has 0 radical (unpaired) electrons. The fourth-order valence-corrected chi connectivity index (χ4v) is 16.1. The zero-order valence-electron chi connectivity index (χ0n) is 28.8. The van der Waals surface area contributed by atoms with E-state index in [0.717, 1.165) is 30.3 Å². The van der Waals surface area contributed by atoms with Crippen LogP contribution in [0.2, 0.25) is 18.1 Å². The first-order valence-corrected chi connectivity index (χ1v) is 24.1. The van der Waals surface area contributed by atoms with Gasteiger partial charge in [0.05, 0.1) is 39.9 Å². The molecule has 0 amide bonds. The van der Waals surface area contributed by atoms with Crippen molar-refractivity contribution in [2.45, 2.75) is 124 Å². The molecule has 47 heavy (non-hydrogen) atoms. The topological polar surface area (TPSA) is 25.8 Å². The number of fused-ring (bicyclic) bond motifs is 6. The minimum absolute atomic E-state index is 1.03. The minimum Gasteiger partial charge on any atom is -0.173 e. The highest BCUT2D eigenvalue weighted by Gasteiger charge is 2.26. The van der Waals surface area contributed by atoms with Crippen LogP contribution in [0.5, 0.6) is 0 Å². The van der Waals surface area contributed by atoms with Gasteiger partial charge in [0.15, 0.2) is 0 Å². The van der Waals surface area contributed by atoms with Crippen LogP contribution >= 0.6 is 57.1 Å². The SMILES string of the molecule is CC#CCCCCCc1c(C)sc2c1sc1c3sc(-c4ccc(C)c5nsnc45)c(CCCCCC#C[Si](CC)(CC)CC)c3sc21. The van der Waals surface area contributed by atoms with Crippen molar-refractivity contribution in [3.63, 3.8) is 0 Å². The van der Waals surface area contributed by atoms with Crippen LogP contribution in [0.4, 0.5) is 0 Å². The molecule has 0 saturated carbocycles. The number of thiophene rings is 4. The zero-order valence-corrected chi connectivity index (χ0v) is 33.9. The summed E-state index contributed by atoms with van der Waals surface area (Å²) in [7, 11) is -1.34. The third-order valence-electron chi connectivity index (χ3n) is 10.0. The third kappa shape index (κ3) is 7.02. The molecular formula is C39H46N2S5Si. The van der Waals surface area contributed by atoms with Crippen molar-refractivity contribution in [1.82, 2.24) is 8.75 Å². The molecule has 0 spiro atoms. The molecule has 2 nitrogen and oxygen atoms in total. The average Bonchev–Trinajstić information content (AvgIpc) is 3.89. The zero-order chi connectivity index (χ0) is 33.0. The maximum atomic E-state index is 4.81. The maximum Gasteiger partial charge on any atom is 0.137 e. The number of unbranched alkanes of at least 4 members (excludes halogenated alkanes) is 6. The molecule has 0 aliphatic heterocycles. The number of rotatable bonds is 14. The van der Waals surface area contributed by atoms with Gasteiger partial charge in [-0.25, -0.2) is 0 Å². The van der Waals surface area contributed by atoms with Crippen molar-refractivity contribution < 1.29 is 0 Å². The van der Waals surface area contributed by atoms with Gasteiger partial charge in [0.2, 0.25) is 0 Å². The molecular weight excluding hydrogens is 685 g/mol. The summed E-state index contributed by atoms with van der Waals surface area (Å²) in [6, 6.07) is 8.41. The van der Waals surface area contributed by atoms with E-state index >= 15 is 0 Å². The summed E-state index contributed by atoms with van der Waals surface area (Å²) in [5.74, 6) is 9.88. The van der Waals surface area contributed by atoms with Crippen LogP contribution in [0.15, 0.2) is 12.1 Å². The van der Waals surface area contributed by atoms with Crippen molar-refractivity contribution in [2.75, 3.05) is 0 Å². The fraction of sp³-hybridized carbons (Fsp3) is 0.487. The first kappa shape index (κ1) is 34.8. The molecule has 0 fully saturated rings. The Balaban J connectivity index is 1.30. The van der Waals surface area contributed by atoms with E-state index in [1.54, 1.807) is 10.3 Å². The van der Waals surface area contributed by atoms with E-state index < -0.39 is 8.07 Å². The van der Waals surface area contributed by atoms with E-state index in [4.69, 9.17) is 4.37 Å². The van der Waals surface area contributed by atoms with E-state index in [1.165, 1.54) is 125 Å². The van der Waals surface area contributed by atoms with Gasteiger partial charge in [-0.05, 0) is 94.1 Å². The first-order valence-electron chi connectivity index (χ1n) is 17.5. The van der Waals surface area contributed by atoms with Crippen molar-refractivity contribution >= 4 is 104 Å².